The molecular weight excluding hydrogens is 382 g/mol. The SMILES string of the molecule is C=CCOC(=O)c1sc(NC(=O)CN2C(=O)COc3ccc(C)cc32)nc1C. The normalized spacial score (nSPS) is 12.8. The highest BCUT2D eigenvalue weighted by Crippen LogP contribution is 2.32. The van der Waals surface area contributed by atoms with E-state index in [0.717, 1.165) is 16.9 Å². The van der Waals surface area contributed by atoms with Gasteiger partial charge in [-0.15, -0.1) is 0 Å². The minimum atomic E-state index is -0.525. The number of esters is 1. The van der Waals surface area contributed by atoms with E-state index in [9.17, 15) is 14.4 Å². The lowest BCUT2D eigenvalue weighted by molar-refractivity contribution is -0.123. The fraction of sp³-hybridized carbons (Fsp3) is 0.263. The molecule has 1 aliphatic rings. The van der Waals surface area contributed by atoms with Crippen LogP contribution in [0.5, 0.6) is 5.75 Å². The highest BCUT2D eigenvalue weighted by molar-refractivity contribution is 7.17. The highest BCUT2D eigenvalue weighted by Gasteiger charge is 2.28. The molecule has 0 atom stereocenters. The molecule has 146 valence electrons. The Hall–Kier alpha value is -3.20. The van der Waals surface area contributed by atoms with Crippen molar-refractivity contribution in [3.05, 3.63) is 47.0 Å². The fourth-order valence-electron chi connectivity index (χ4n) is 2.63. The largest absolute Gasteiger partial charge is 0.482 e. The molecule has 2 aromatic rings. The van der Waals surface area contributed by atoms with Gasteiger partial charge in [0.1, 0.15) is 23.8 Å². The van der Waals surface area contributed by atoms with E-state index in [1.165, 1.54) is 11.0 Å². The van der Waals surface area contributed by atoms with Crippen LogP contribution in [0, 0.1) is 13.8 Å². The molecule has 3 rings (SSSR count). The number of amides is 2. The molecule has 1 aliphatic heterocycles. The van der Waals surface area contributed by atoms with Crippen molar-refractivity contribution in [3.8, 4) is 5.75 Å². The molecule has 0 saturated carbocycles. The lowest BCUT2D eigenvalue weighted by Gasteiger charge is -2.29. The molecule has 0 aliphatic carbocycles. The molecule has 0 bridgehead atoms. The third-order valence-electron chi connectivity index (χ3n) is 3.92. The topological polar surface area (TPSA) is 97.8 Å². The van der Waals surface area contributed by atoms with Crippen LogP contribution in [0.2, 0.25) is 0 Å². The molecule has 1 aromatic heterocycles. The van der Waals surface area contributed by atoms with Crippen LogP contribution >= 0.6 is 11.3 Å². The van der Waals surface area contributed by atoms with Crippen molar-refractivity contribution in [2.45, 2.75) is 13.8 Å². The van der Waals surface area contributed by atoms with Crippen LogP contribution in [0.1, 0.15) is 20.9 Å². The Morgan fingerprint density at radius 2 is 2.21 bits per heavy atom. The quantitative estimate of drug-likeness (QED) is 0.590. The highest BCUT2D eigenvalue weighted by atomic mass is 32.1. The first-order valence-corrected chi connectivity index (χ1v) is 9.30. The van der Waals surface area contributed by atoms with Crippen LogP contribution in [0.4, 0.5) is 10.8 Å². The Morgan fingerprint density at radius 1 is 1.43 bits per heavy atom. The average molecular weight is 401 g/mol. The van der Waals surface area contributed by atoms with Gasteiger partial charge in [-0.05, 0) is 31.5 Å². The van der Waals surface area contributed by atoms with Crippen molar-refractivity contribution in [2.75, 3.05) is 30.0 Å². The van der Waals surface area contributed by atoms with Gasteiger partial charge in [0, 0.05) is 0 Å². The Morgan fingerprint density at radius 3 is 2.96 bits per heavy atom. The van der Waals surface area contributed by atoms with Crippen molar-refractivity contribution in [3.63, 3.8) is 0 Å². The average Bonchev–Trinajstić information content (AvgIpc) is 3.02. The number of carbonyl (C=O) groups excluding carboxylic acids is 3. The van der Waals surface area contributed by atoms with Gasteiger partial charge in [0.2, 0.25) is 5.91 Å². The number of hydrogen-bond donors (Lipinski definition) is 1. The van der Waals surface area contributed by atoms with Crippen molar-refractivity contribution in [2.24, 2.45) is 0 Å². The smallest absolute Gasteiger partial charge is 0.350 e. The lowest BCUT2D eigenvalue weighted by atomic mass is 10.1. The van der Waals surface area contributed by atoms with Crippen LogP contribution in [0.3, 0.4) is 0 Å². The number of benzene rings is 1. The Bertz CT molecular complexity index is 953. The fourth-order valence-corrected chi connectivity index (χ4v) is 3.50. The summed E-state index contributed by atoms with van der Waals surface area (Å²) < 4.78 is 10.4. The number of anilines is 2. The number of rotatable bonds is 6. The molecule has 9 heteroatoms. The van der Waals surface area contributed by atoms with Gasteiger partial charge in [-0.3, -0.25) is 14.5 Å². The molecule has 0 spiro atoms. The van der Waals surface area contributed by atoms with Gasteiger partial charge in [0.15, 0.2) is 11.7 Å². The first-order valence-electron chi connectivity index (χ1n) is 8.48. The molecule has 2 heterocycles. The van der Waals surface area contributed by atoms with E-state index >= 15 is 0 Å². The number of hydrogen-bond acceptors (Lipinski definition) is 7. The lowest BCUT2D eigenvalue weighted by Crippen LogP contribution is -2.43. The predicted octanol–water partition coefficient (Wildman–Crippen LogP) is 2.47. The summed E-state index contributed by atoms with van der Waals surface area (Å²) in [5.74, 6) is -0.710. The second kappa shape index (κ2) is 8.22. The number of ether oxygens (including phenoxy) is 2. The molecule has 0 unspecified atom stereocenters. The second-order valence-corrected chi connectivity index (χ2v) is 7.11. The van der Waals surface area contributed by atoms with E-state index in [1.807, 2.05) is 13.0 Å². The zero-order chi connectivity index (χ0) is 20.3. The molecule has 0 fully saturated rings. The third kappa shape index (κ3) is 4.20. The van der Waals surface area contributed by atoms with Crippen LogP contribution in [-0.4, -0.2) is 42.5 Å². The summed E-state index contributed by atoms with van der Waals surface area (Å²) in [5.41, 5.74) is 1.95. The van der Waals surface area contributed by atoms with Gasteiger partial charge in [0.05, 0.1) is 11.4 Å². The summed E-state index contributed by atoms with van der Waals surface area (Å²) in [5, 5.41) is 2.90. The third-order valence-corrected chi connectivity index (χ3v) is 4.97. The number of aryl methyl sites for hydroxylation is 2. The first kappa shape index (κ1) is 19.6. The van der Waals surface area contributed by atoms with Gasteiger partial charge in [0.25, 0.3) is 5.91 Å². The Kier molecular flexibility index (Phi) is 5.74. The van der Waals surface area contributed by atoms with Gasteiger partial charge < -0.3 is 14.8 Å². The van der Waals surface area contributed by atoms with Crippen molar-refractivity contribution >= 4 is 39.9 Å². The standard InChI is InChI=1S/C19H19N3O5S/c1-4-7-26-18(25)17-12(3)20-19(28-17)21-15(23)9-22-13-8-11(2)5-6-14(13)27-10-16(22)24/h4-6,8H,1,7,9-10H2,2-3H3,(H,20,21,23). The number of carbonyl (C=O) groups is 3. The predicted molar refractivity (Wildman–Crippen MR) is 105 cm³/mol. The summed E-state index contributed by atoms with van der Waals surface area (Å²) in [6.07, 6.45) is 1.47. The second-order valence-electron chi connectivity index (χ2n) is 6.11. The summed E-state index contributed by atoms with van der Waals surface area (Å²) in [6, 6.07) is 5.44. The van der Waals surface area contributed by atoms with Crippen LogP contribution in [0.25, 0.3) is 0 Å². The van der Waals surface area contributed by atoms with Crippen LogP contribution < -0.4 is 15.0 Å². The monoisotopic (exact) mass is 401 g/mol. The van der Waals surface area contributed by atoms with Gasteiger partial charge >= 0.3 is 5.97 Å². The molecule has 0 radical (unpaired) electrons. The minimum absolute atomic E-state index is 0.0931. The Balaban J connectivity index is 1.71. The molecule has 1 N–H and O–H groups in total. The molecule has 2 amide bonds. The number of thiazole rings is 1. The number of fused-ring (bicyclic) bond motifs is 1. The van der Waals surface area contributed by atoms with Crippen molar-refractivity contribution in [1.29, 1.82) is 0 Å². The van der Waals surface area contributed by atoms with Crippen molar-refractivity contribution < 1.29 is 23.9 Å². The van der Waals surface area contributed by atoms with E-state index in [2.05, 4.69) is 16.9 Å². The molecule has 8 nitrogen and oxygen atoms in total. The van der Waals surface area contributed by atoms with Gasteiger partial charge in [-0.2, -0.15) is 0 Å². The number of aromatic nitrogens is 1. The first-order chi connectivity index (χ1) is 13.4. The minimum Gasteiger partial charge on any atom is -0.482 e. The molecule has 0 saturated heterocycles. The molecular formula is C19H19N3O5S. The maximum atomic E-state index is 12.5. The van der Waals surface area contributed by atoms with E-state index in [4.69, 9.17) is 9.47 Å². The number of nitrogens with one attached hydrogen (secondary N) is 1. The molecule has 1 aromatic carbocycles. The van der Waals surface area contributed by atoms with Gasteiger partial charge in [-0.1, -0.05) is 30.1 Å². The summed E-state index contributed by atoms with van der Waals surface area (Å²) in [6.45, 7) is 6.81. The van der Waals surface area contributed by atoms with Crippen LogP contribution in [-0.2, 0) is 14.3 Å². The maximum Gasteiger partial charge on any atom is 0.350 e. The van der Waals surface area contributed by atoms with E-state index in [1.54, 1.807) is 19.1 Å². The van der Waals surface area contributed by atoms with Crippen LogP contribution in [0.15, 0.2) is 30.9 Å². The summed E-state index contributed by atoms with van der Waals surface area (Å²) in [7, 11) is 0. The zero-order valence-electron chi connectivity index (χ0n) is 15.5. The zero-order valence-corrected chi connectivity index (χ0v) is 16.3. The maximum absolute atomic E-state index is 12.5. The summed E-state index contributed by atoms with van der Waals surface area (Å²) in [4.78, 5) is 42.6. The Labute approximate surface area is 165 Å². The van der Waals surface area contributed by atoms with E-state index in [0.29, 0.717) is 22.0 Å². The van der Waals surface area contributed by atoms with E-state index in [-0.39, 0.29) is 30.8 Å². The summed E-state index contributed by atoms with van der Waals surface area (Å²) >= 11 is 1.02. The van der Waals surface area contributed by atoms with Gasteiger partial charge in [-0.25, -0.2) is 9.78 Å². The molecule has 28 heavy (non-hydrogen) atoms. The van der Waals surface area contributed by atoms with Crippen molar-refractivity contribution in [1.82, 2.24) is 4.98 Å². The van der Waals surface area contributed by atoms with E-state index < -0.39 is 11.9 Å². The number of nitrogens with zero attached hydrogens (tertiary/aromatic N) is 2.